The topological polar surface area (TPSA) is 115 Å². The summed E-state index contributed by atoms with van der Waals surface area (Å²) in [5.74, 6) is -10.1. The van der Waals surface area contributed by atoms with Crippen LogP contribution in [-0.2, 0) is 31.1 Å². The zero-order valence-electron chi connectivity index (χ0n) is 28.9. The van der Waals surface area contributed by atoms with Crippen molar-refractivity contribution in [3.63, 3.8) is 0 Å². The Morgan fingerprint density at radius 2 is 1.42 bits per heavy atom. The third kappa shape index (κ3) is 8.56. The lowest BCUT2D eigenvalue weighted by Crippen LogP contribution is -2.32. The van der Waals surface area contributed by atoms with Crippen LogP contribution in [0.1, 0.15) is 70.4 Å². The van der Waals surface area contributed by atoms with Crippen molar-refractivity contribution in [2.24, 2.45) is 0 Å². The Balaban J connectivity index is 1.80. The van der Waals surface area contributed by atoms with Gasteiger partial charge in [0, 0.05) is 41.8 Å². The lowest BCUT2D eigenvalue weighted by molar-refractivity contribution is -0.440. The van der Waals surface area contributed by atoms with Gasteiger partial charge in [0.25, 0.3) is 25.9 Å². The number of hydrogen-bond donors (Lipinski definition) is 2. The lowest BCUT2D eigenvalue weighted by Gasteiger charge is -2.26. The molecule has 4 rings (SSSR count). The smallest absolute Gasteiger partial charge is 0.264 e. The highest BCUT2D eigenvalue weighted by atomic mass is 32.2. The van der Waals surface area contributed by atoms with Crippen LogP contribution in [0.4, 0.5) is 37.7 Å². The standard InChI is InChI=1S/C36H40F6N2O6S2/c1-5-6-17-43-25-22-23(37)21-24(38)28(25)35(2,3)26(43)14-8-7-9-15-27-36(4,16-10-12-19-51(45,46)47)29-30(39)31(40)32(41)33(42)34(29)44(27)18-11-13-20-52(48,49)50/h5,7-9,14-15,21-22H,1,6,10-13,16-20H2,2-4H3,(H-,45,46,47,48,49,50)/p+1. The molecule has 0 spiro atoms. The summed E-state index contributed by atoms with van der Waals surface area (Å²) < 4.78 is 155. The number of allylic oxidation sites excluding steroid dienone is 6. The second-order valence-corrected chi connectivity index (χ2v) is 16.7. The zero-order chi connectivity index (χ0) is 38.8. The van der Waals surface area contributed by atoms with E-state index in [-0.39, 0.29) is 44.4 Å². The van der Waals surface area contributed by atoms with Crippen molar-refractivity contribution >= 4 is 37.3 Å². The van der Waals surface area contributed by atoms with Crippen LogP contribution in [-0.4, -0.2) is 60.8 Å². The molecule has 1 atom stereocenters. The molecule has 2 aromatic rings. The Labute approximate surface area is 300 Å². The lowest BCUT2D eigenvalue weighted by atomic mass is 9.75. The van der Waals surface area contributed by atoms with Gasteiger partial charge in [-0.05, 0) is 44.7 Å². The van der Waals surface area contributed by atoms with Gasteiger partial charge in [-0.1, -0.05) is 44.6 Å². The van der Waals surface area contributed by atoms with Gasteiger partial charge < -0.3 is 4.90 Å². The second-order valence-electron chi connectivity index (χ2n) is 13.5. The maximum absolute atomic E-state index is 15.6. The van der Waals surface area contributed by atoms with Crippen molar-refractivity contribution in [2.75, 3.05) is 29.5 Å². The molecule has 2 N–H and O–H groups in total. The van der Waals surface area contributed by atoms with Crippen LogP contribution in [0.5, 0.6) is 0 Å². The molecule has 0 aliphatic carbocycles. The van der Waals surface area contributed by atoms with Crippen LogP contribution >= 0.6 is 0 Å². The molecule has 8 nitrogen and oxygen atoms in total. The SMILES string of the molecule is C=CCCN1/C(=C/C=C/C=C/C2=[N+](CCCCS(=O)(=O)O)c3c(F)c(F)c(F)c(F)c3C2(C)CCCCS(=O)(=O)O)C(C)(C)c2c(F)cc(F)cc21. The van der Waals surface area contributed by atoms with Crippen molar-refractivity contribution in [3.8, 4) is 0 Å². The largest absolute Gasteiger partial charge is 0.343 e. The molecule has 0 fully saturated rings. The molecule has 0 bridgehead atoms. The van der Waals surface area contributed by atoms with Crippen molar-refractivity contribution in [2.45, 2.75) is 70.1 Å². The van der Waals surface area contributed by atoms with E-state index in [1.807, 2.05) is 0 Å². The van der Waals surface area contributed by atoms with Gasteiger partial charge in [-0.15, -0.1) is 6.58 Å². The quantitative estimate of drug-likeness (QED) is 0.0260. The summed E-state index contributed by atoms with van der Waals surface area (Å²) in [6, 6.07) is 2.08. The van der Waals surface area contributed by atoms with Gasteiger partial charge in [0.2, 0.25) is 11.6 Å². The van der Waals surface area contributed by atoms with Gasteiger partial charge in [0.1, 0.15) is 18.2 Å². The summed E-state index contributed by atoms with van der Waals surface area (Å²) in [4.78, 5) is 1.78. The highest BCUT2D eigenvalue weighted by molar-refractivity contribution is 7.86. The predicted molar refractivity (Wildman–Crippen MR) is 187 cm³/mol. The number of halogens is 6. The molecule has 2 aliphatic rings. The van der Waals surface area contributed by atoms with E-state index in [4.69, 9.17) is 4.55 Å². The summed E-state index contributed by atoms with van der Waals surface area (Å²) >= 11 is 0. The third-order valence-electron chi connectivity index (χ3n) is 9.45. The average Bonchev–Trinajstić information content (AvgIpc) is 3.40. The maximum atomic E-state index is 15.6. The molecular formula is C36H41F6N2O6S2+. The first-order valence-corrected chi connectivity index (χ1v) is 19.7. The van der Waals surface area contributed by atoms with E-state index in [0.29, 0.717) is 29.9 Å². The van der Waals surface area contributed by atoms with Crippen LogP contribution in [0.2, 0.25) is 0 Å². The Hall–Kier alpha value is -3.73. The highest BCUT2D eigenvalue weighted by Gasteiger charge is 2.53. The first-order chi connectivity index (χ1) is 24.2. The number of nitrogens with zero attached hydrogens (tertiary/aromatic N) is 2. The van der Waals surface area contributed by atoms with Crippen LogP contribution in [0.15, 0.2) is 60.9 Å². The van der Waals surface area contributed by atoms with E-state index in [0.717, 1.165) is 6.07 Å². The number of anilines is 1. The average molecular weight is 776 g/mol. The minimum Gasteiger partial charge on any atom is -0.343 e. The summed E-state index contributed by atoms with van der Waals surface area (Å²) in [6.45, 7) is 8.93. The van der Waals surface area contributed by atoms with Gasteiger partial charge >= 0.3 is 0 Å². The van der Waals surface area contributed by atoms with Crippen LogP contribution in [0.3, 0.4) is 0 Å². The monoisotopic (exact) mass is 775 g/mol. The summed E-state index contributed by atoms with van der Waals surface area (Å²) in [5, 5.41) is 0. The molecule has 0 radical (unpaired) electrons. The Bertz CT molecular complexity index is 2100. The normalized spacial score (nSPS) is 19.4. The Morgan fingerprint density at radius 1 is 0.808 bits per heavy atom. The number of fused-ring (bicyclic) bond motifs is 2. The van der Waals surface area contributed by atoms with Gasteiger partial charge in [0.15, 0.2) is 17.3 Å². The van der Waals surface area contributed by atoms with Crippen molar-refractivity contribution in [1.82, 2.24) is 0 Å². The molecule has 0 aromatic heterocycles. The Morgan fingerprint density at radius 3 is 2.04 bits per heavy atom. The molecule has 0 amide bonds. The summed E-state index contributed by atoms with van der Waals surface area (Å²) in [6.07, 6.45) is 9.69. The molecule has 0 saturated heterocycles. The molecule has 0 saturated carbocycles. The molecule has 284 valence electrons. The summed E-state index contributed by atoms with van der Waals surface area (Å²) in [5.41, 5.74) is -2.11. The van der Waals surface area contributed by atoms with Gasteiger partial charge in [-0.3, -0.25) is 9.11 Å². The van der Waals surface area contributed by atoms with E-state index in [1.54, 1.807) is 43.1 Å². The molecule has 2 heterocycles. The molecule has 1 unspecified atom stereocenters. The van der Waals surface area contributed by atoms with E-state index in [1.165, 1.54) is 29.7 Å². The van der Waals surface area contributed by atoms with Crippen LogP contribution in [0, 0.1) is 34.9 Å². The van der Waals surface area contributed by atoms with Gasteiger partial charge in [0.05, 0.1) is 28.2 Å². The molecule has 2 aliphatic heterocycles. The van der Waals surface area contributed by atoms with Crippen molar-refractivity contribution in [1.29, 1.82) is 0 Å². The molecule has 52 heavy (non-hydrogen) atoms. The number of hydrogen-bond acceptors (Lipinski definition) is 5. The Kier molecular flexibility index (Phi) is 12.4. The number of benzene rings is 2. The minimum absolute atomic E-state index is 0.00919. The van der Waals surface area contributed by atoms with E-state index in [9.17, 15) is 34.6 Å². The van der Waals surface area contributed by atoms with E-state index in [2.05, 4.69) is 6.58 Å². The zero-order valence-corrected chi connectivity index (χ0v) is 30.5. The van der Waals surface area contributed by atoms with Crippen LogP contribution < -0.4 is 4.90 Å². The minimum atomic E-state index is -4.35. The molecule has 2 aromatic carbocycles. The predicted octanol–water partition coefficient (Wildman–Crippen LogP) is 7.97. The van der Waals surface area contributed by atoms with Crippen molar-refractivity contribution in [3.05, 3.63) is 107 Å². The summed E-state index contributed by atoms with van der Waals surface area (Å²) in [7, 11) is -8.71. The number of unbranched alkanes of at least 4 members (excludes halogenated alkanes) is 2. The van der Waals surface area contributed by atoms with Gasteiger partial charge in [-0.25, -0.2) is 22.0 Å². The maximum Gasteiger partial charge on any atom is 0.264 e. The second kappa shape index (κ2) is 15.7. The first-order valence-electron chi connectivity index (χ1n) is 16.5. The first kappa shape index (κ1) is 41.0. The third-order valence-corrected chi connectivity index (χ3v) is 11.1. The molecule has 16 heteroatoms. The highest BCUT2D eigenvalue weighted by Crippen LogP contribution is 2.50. The fourth-order valence-corrected chi connectivity index (χ4v) is 8.24. The van der Waals surface area contributed by atoms with Crippen molar-refractivity contribution < 1.29 is 56.9 Å². The van der Waals surface area contributed by atoms with E-state index < -0.39 is 88.7 Å². The number of rotatable bonds is 16. The fraction of sp³-hybridized carbons (Fsp3) is 0.417. The van der Waals surface area contributed by atoms with E-state index >= 15 is 13.2 Å². The molecular weight excluding hydrogens is 735 g/mol. The fourth-order valence-electron chi connectivity index (χ4n) is 7.10. The van der Waals surface area contributed by atoms with Crippen LogP contribution in [0.25, 0.3) is 0 Å². The van der Waals surface area contributed by atoms with Gasteiger partial charge in [-0.2, -0.15) is 25.8 Å².